The summed E-state index contributed by atoms with van der Waals surface area (Å²) in [6.07, 6.45) is -0.801. The van der Waals surface area contributed by atoms with E-state index >= 15 is 0 Å². The van der Waals surface area contributed by atoms with Gasteiger partial charge in [0, 0.05) is 40.0 Å². The quantitative estimate of drug-likeness (QED) is 0.158. The van der Waals surface area contributed by atoms with Gasteiger partial charge in [-0.05, 0) is 35.4 Å². The maximum absolute atomic E-state index is 13.2. The summed E-state index contributed by atoms with van der Waals surface area (Å²) in [6, 6.07) is 6.79. The third kappa shape index (κ3) is 12.0. The second-order valence-electron chi connectivity index (χ2n) is 9.63. The maximum atomic E-state index is 13.2. The number of hydrogen-bond donors (Lipinski definition) is 0. The van der Waals surface area contributed by atoms with Gasteiger partial charge in [0.25, 0.3) is 0 Å². The van der Waals surface area contributed by atoms with Crippen LogP contribution in [0.2, 0.25) is 0 Å². The lowest BCUT2D eigenvalue weighted by Gasteiger charge is -2.27. The summed E-state index contributed by atoms with van der Waals surface area (Å²) >= 11 is 0. The van der Waals surface area contributed by atoms with Gasteiger partial charge in [0.15, 0.2) is 23.0 Å². The van der Waals surface area contributed by atoms with E-state index < -0.39 is 37.6 Å². The summed E-state index contributed by atoms with van der Waals surface area (Å²) in [5.74, 6) is 0.371. The number of ether oxygens (including phenoxy) is 10. The molecule has 0 aromatic heterocycles. The Labute approximate surface area is 273 Å². The van der Waals surface area contributed by atoms with Crippen molar-refractivity contribution in [2.45, 2.75) is 26.9 Å². The van der Waals surface area contributed by atoms with Crippen molar-refractivity contribution in [1.29, 1.82) is 0 Å². The summed E-state index contributed by atoms with van der Waals surface area (Å²) in [5.41, 5.74) is 1.28. The number of rotatable bonds is 19. The van der Waals surface area contributed by atoms with E-state index in [0.717, 1.165) is 0 Å². The minimum atomic E-state index is -0.801. The fourth-order valence-corrected chi connectivity index (χ4v) is 4.30. The smallest absolute Gasteiger partial charge is 0.413 e. The van der Waals surface area contributed by atoms with Gasteiger partial charge in [-0.2, -0.15) is 0 Å². The van der Waals surface area contributed by atoms with E-state index in [4.69, 9.17) is 47.4 Å². The highest BCUT2D eigenvalue weighted by molar-refractivity contribution is 5.72. The van der Waals surface area contributed by atoms with Crippen molar-refractivity contribution in [3.05, 3.63) is 35.4 Å². The zero-order chi connectivity index (χ0) is 34.9. The van der Waals surface area contributed by atoms with Crippen LogP contribution in [0.25, 0.3) is 0 Å². The minimum Gasteiger partial charge on any atom is -0.493 e. The van der Waals surface area contributed by atoms with Crippen LogP contribution in [0.3, 0.4) is 0 Å². The van der Waals surface area contributed by atoms with Crippen molar-refractivity contribution in [1.82, 2.24) is 9.80 Å². The van der Waals surface area contributed by atoms with Crippen molar-refractivity contribution in [3.8, 4) is 34.5 Å². The molecule has 1 amide bonds. The van der Waals surface area contributed by atoms with E-state index in [-0.39, 0.29) is 32.7 Å². The van der Waals surface area contributed by atoms with Gasteiger partial charge in [0.2, 0.25) is 25.1 Å². The zero-order valence-electron chi connectivity index (χ0n) is 27.9. The van der Waals surface area contributed by atoms with Crippen molar-refractivity contribution in [2.24, 2.45) is 0 Å². The van der Waals surface area contributed by atoms with E-state index in [2.05, 4.69) is 0 Å². The third-order valence-electron chi connectivity index (χ3n) is 6.45. The van der Waals surface area contributed by atoms with Crippen LogP contribution in [0.1, 0.15) is 25.0 Å². The molecule has 47 heavy (non-hydrogen) atoms. The first-order valence-corrected chi connectivity index (χ1v) is 14.1. The molecule has 0 bridgehead atoms. The SMILES string of the molecule is COc1cc(CN(CCN(Cc2cc(OC)c(OC)c(OC)c2)C(=O)OCOC(C)=O)CC(=O)OCOC(C)=O)cc(OC)c1OC. The molecule has 0 fully saturated rings. The van der Waals surface area contributed by atoms with Crippen molar-refractivity contribution >= 4 is 24.0 Å². The molecule has 0 N–H and O–H groups in total. The monoisotopic (exact) mass is 666 g/mol. The number of methoxy groups -OCH3 is 6. The van der Waals surface area contributed by atoms with E-state index in [0.29, 0.717) is 45.6 Å². The number of carbonyl (C=O) groups excluding carboxylic acids is 4. The van der Waals surface area contributed by atoms with Gasteiger partial charge < -0.3 is 52.3 Å². The average Bonchev–Trinajstić information content (AvgIpc) is 3.04. The van der Waals surface area contributed by atoms with Gasteiger partial charge in [-0.3, -0.25) is 19.3 Å². The Morgan fingerprint density at radius 1 is 0.553 bits per heavy atom. The summed E-state index contributed by atoms with van der Waals surface area (Å²) in [7, 11) is 8.84. The molecule has 16 nitrogen and oxygen atoms in total. The minimum absolute atomic E-state index is 0.00450. The van der Waals surface area contributed by atoms with Gasteiger partial charge in [0.05, 0.1) is 49.2 Å². The number of esters is 3. The van der Waals surface area contributed by atoms with Crippen molar-refractivity contribution < 1.29 is 66.5 Å². The first kappa shape index (κ1) is 38.1. The van der Waals surface area contributed by atoms with Crippen LogP contribution in [-0.2, 0) is 46.4 Å². The molecular weight excluding hydrogens is 624 g/mol. The van der Waals surface area contributed by atoms with Gasteiger partial charge in [0.1, 0.15) is 0 Å². The Morgan fingerprint density at radius 2 is 0.979 bits per heavy atom. The lowest BCUT2D eigenvalue weighted by Crippen LogP contribution is -2.40. The van der Waals surface area contributed by atoms with Crippen molar-refractivity contribution in [3.63, 3.8) is 0 Å². The maximum Gasteiger partial charge on any atom is 0.413 e. The van der Waals surface area contributed by atoms with Gasteiger partial charge in [-0.1, -0.05) is 0 Å². The number of hydrogen-bond acceptors (Lipinski definition) is 15. The average molecular weight is 667 g/mol. The van der Waals surface area contributed by atoms with Crippen LogP contribution < -0.4 is 28.4 Å². The van der Waals surface area contributed by atoms with Gasteiger partial charge in [-0.15, -0.1) is 0 Å². The normalized spacial score (nSPS) is 10.4. The van der Waals surface area contributed by atoms with Crippen LogP contribution in [0.4, 0.5) is 4.79 Å². The number of carbonyl (C=O) groups is 4. The van der Waals surface area contributed by atoms with E-state index in [1.54, 1.807) is 29.2 Å². The van der Waals surface area contributed by atoms with Crippen LogP contribution >= 0.6 is 0 Å². The Morgan fingerprint density at radius 3 is 1.38 bits per heavy atom. The lowest BCUT2D eigenvalue weighted by molar-refractivity contribution is -0.166. The molecule has 0 heterocycles. The lowest BCUT2D eigenvalue weighted by atomic mass is 10.1. The number of amides is 1. The van der Waals surface area contributed by atoms with Crippen LogP contribution in [0.5, 0.6) is 34.5 Å². The van der Waals surface area contributed by atoms with Crippen LogP contribution in [0, 0.1) is 0 Å². The summed E-state index contributed by atoms with van der Waals surface area (Å²) in [4.78, 5) is 51.4. The van der Waals surface area contributed by atoms with Crippen LogP contribution in [-0.4, -0.2) is 110 Å². The molecule has 2 aromatic carbocycles. The first-order chi connectivity index (χ1) is 22.5. The van der Waals surface area contributed by atoms with Gasteiger partial charge >= 0.3 is 24.0 Å². The van der Waals surface area contributed by atoms with E-state index in [1.807, 2.05) is 0 Å². The Bertz CT molecular complexity index is 1320. The molecule has 0 aliphatic heterocycles. The van der Waals surface area contributed by atoms with E-state index in [1.165, 1.54) is 61.4 Å². The topological polar surface area (TPSA) is 167 Å². The highest BCUT2D eigenvalue weighted by Crippen LogP contribution is 2.39. The Balaban J connectivity index is 2.41. The molecule has 0 aliphatic carbocycles. The molecule has 0 saturated carbocycles. The molecule has 2 aromatic rings. The zero-order valence-corrected chi connectivity index (χ0v) is 27.9. The standard InChI is InChI=1S/C31H42N2O14/c1-20(34)44-18-46-28(36)17-32(15-22-11-24(38-3)29(42-7)25(12-22)39-4)9-10-33(31(37)47-19-45-21(2)35)16-23-13-26(40-5)30(43-8)27(14-23)41-6/h11-14H,9-10,15-19H2,1-8H3. The highest BCUT2D eigenvalue weighted by atomic mass is 16.7. The Kier molecular flexibility index (Phi) is 15.7. The summed E-state index contributed by atoms with van der Waals surface area (Å²) < 4.78 is 52.4. The largest absolute Gasteiger partial charge is 0.493 e. The predicted molar refractivity (Wildman–Crippen MR) is 164 cm³/mol. The van der Waals surface area contributed by atoms with E-state index in [9.17, 15) is 19.2 Å². The van der Waals surface area contributed by atoms with Gasteiger partial charge in [-0.25, -0.2) is 4.79 Å². The number of benzene rings is 2. The third-order valence-corrected chi connectivity index (χ3v) is 6.45. The fraction of sp³-hybridized carbons (Fsp3) is 0.484. The molecule has 16 heteroatoms. The molecule has 0 spiro atoms. The highest BCUT2D eigenvalue weighted by Gasteiger charge is 2.23. The molecular formula is C31H42N2O14. The first-order valence-electron chi connectivity index (χ1n) is 14.1. The molecule has 0 atom stereocenters. The second kappa shape index (κ2) is 19.4. The second-order valence-corrected chi connectivity index (χ2v) is 9.63. The fourth-order valence-electron chi connectivity index (χ4n) is 4.30. The Hall–Kier alpha value is -5.12. The van der Waals surface area contributed by atoms with Crippen LogP contribution in [0.15, 0.2) is 24.3 Å². The molecule has 260 valence electrons. The summed E-state index contributed by atoms with van der Waals surface area (Å²) in [5, 5.41) is 0. The molecule has 0 radical (unpaired) electrons. The molecule has 2 rings (SSSR count). The molecule has 0 aliphatic rings. The number of nitrogens with zero attached hydrogens (tertiary/aromatic N) is 2. The molecule has 0 unspecified atom stereocenters. The molecule has 0 saturated heterocycles. The summed E-state index contributed by atoms with van der Waals surface area (Å²) in [6.45, 7) is 1.28. The predicted octanol–water partition coefficient (Wildman–Crippen LogP) is 2.76. The van der Waals surface area contributed by atoms with Crippen molar-refractivity contribution in [2.75, 3.05) is 75.9 Å².